The molecule has 0 aliphatic rings. The number of rotatable bonds is 11. The molecule has 190 valence electrons. The molecule has 0 atom stereocenters. The Hall–Kier alpha value is -3.76. The van der Waals surface area contributed by atoms with Crippen LogP contribution in [0, 0.1) is 0 Å². The van der Waals surface area contributed by atoms with E-state index < -0.39 is 16.1 Å². The zero-order valence-electron chi connectivity index (χ0n) is 20.5. The van der Waals surface area contributed by atoms with Crippen LogP contribution in [0.1, 0.15) is 43.2 Å². The molecule has 2 aromatic carbocycles. The van der Waals surface area contributed by atoms with Crippen molar-refractivity contribution in [3.05, 3.63) is 78.1 Å². The van der Waals surface area contributed by atoms with Crippen LogP contribution in [0.25, 0.3) is 0 Å². The van der Waals surface area contributed by atoms with Crippen LogP contribution >= 0.6 is 0 Å². The van der Waals surface area contributed by atoms with Crippen LogP contribution in [-0.2, 0) is 16.6 Å². The predicted molar refractivity (Wildman–Crippen MR) is 138 cm³/mol. The van der Waals surface area contributed by atoms with Crippen LogP contribution in [0.2, 0.25) is 0 Å². The van der Waals surface area contributed by atoms with Crippen LogP contribution in [0.5, 0.6) is 11.5 Å². The van der Waals surface area contributed by atoms with Gasteiger partial charge in [0, 0.05) is 44.0 Å². The van der Waals surface area contributed by atoms with Crippen molar-refractivity contribution in [2.45, 2.75) is 38.6 Å². The quantitative estimate of drug-likeness (QED) is 0.357. The smallest absolute Gasteiger partial charge is 0.319 e. The molecule has 0 radical (unpaired) electrons. The number of nitrogens with one attached hydrogen (secondary N) is 2. The Kier molecular flexibility index (Phi) is 9.15. The van der Waals surface area contributed by atoms with E-state index in [1.165, 1.54) is 22.6 Å². The molecule has 0 saturated carbocycles. The summed E-state index contributed by atoms with van der Waals surface area (Å²) in [7, 11) is -3.62. The molecule has 3 rings (SSSR count). The maximum atomic E-state index is 12.7. The van der Waals surface area contributed by atoms with Crippen molar-refractivity contribution >= 4 is 27.5 Å². The number of nitrogens with zero attached hydrogens (tertiary/aromatic N) is 2. The van der Waals surface area contributed by atoms with E-state index in [1.807, 2.05) is 12.1 Å². The zero-order valence-corrected chi connectivity index (χ0v) is 21.3. The molecule has 0 fully saturated rings. The molecule has 0 aliphatic carbocycles. The van der Waals surface area contributed by atoms with Crippen molar-refractivity contribution in [1.82, 2.24) is 14.6 Å². The molecule has 3 aromatic rings. The van der Waals surface area contributed by atoms with Gasteiger partial charge in [0.15, 0.2) is 5.78 Å². The Bertz CT molecular complexity index is 1310. The van der Waals surface area contributed by atoms with E-state index in [-0.39, 0.29) is 17.2 Å². The van der Waals surface area contributed by atoms with E-state index in [4.69, 9.17) is 4.74 Å². The third-order valence-electron chi connectivity index (χ3n) is 5.39. The van der Waals surface area contributed by atoms with Crippen molar-refractivity contribution in [3.63, 3.8) is 0 Å². The Labute approximate surface area is 211 Å². The number of urea groups is 1. The minimum Gasteiger partial charge on any atom is -0.457 e. The van der Waals surface area contributed by atoms with E-state index in [2.05, 4.69) is 15.6 Å². The van der Waals surface area contributed by atoms with Gasteiger partial charge in [-0.25, -0.2) is 13.2 Å². The highest BCUT2D eigenvalue weighted by Crippen LogP contribution is 2.23. The third-order valence-corrected chi connectivity index (χ3v) is 7.43. The van der Waals surface area contributed by atoms with Gasteiger partial charge < -0.3 is 15.4 Å². The lowest BCUT2D eigenvalue weighted by atomic mass is 10.2. The van der Waals surface area contributed by atoms with E-state index in [9.17, 15) is 18.0 Å². The van der Waals surface area contributed by atoms with Gasteiger partial charge in [-0.2, -0.15) is 4.31 Å². The minimum absolute atomic E-state index is 0.0580. The number of anilines is 1. The summed E-state index contributed by atoms with van der Waals surface area (Å²) in [5, 5.41) is 5.42. The van der Waals surface area contributed by atoms with Gasteiger partial charge in [0.05, 0.1) is 4.90 Å². The summed E-state index contributed by atoms with van der Waals surface area (Å²) >= 11 is 0. The van der Waals surface area contributed by atoms with Gasteiger partial charge in [-0.1, -0.05) is 39.0 Å². The SMILES string of the molecule is CCC(=O)c1cc(Oc2ccc(CNC(=O)Nc3cccc(S(=O)(=O)N(CC)CC)c3)cc2)ccn1. The number of sulfonamides is 1. The predicted octanol–water partition coefficient (Wildman–Crippen LogP) is 4.82. The molecular weight excluding hydrogens is 480 g/mol. The van der Waals surface area contributed by atoms with E-state index >= 15 is 0 Å². The van der Waals surface area contributed by atoms with Gasteiger partial charge in [0.2, 0.25) is 10.0 Å². The number of aromatic nitrogens is 1. The summed E-state index contributed by atoms with van der Waals surface area (Å²) in [6.45, 7) is 6.32. The number of ether oxygens (including phenoxy) is 1. The second kappa shape index (κ2) is 12.3. The molecule has 0 unspecified atom stereocenters. The number of ketones is 1. The third kappa shape index (κ3) is 6.89. The Morgan fingerprint density at radius 3 is 2.33 bits per heavy atom. The lowest BCUT2D eigenvalue weighted by Crippen LogP contribution is -2.31. The van der Waals surface area contributed by atoms with Crippen LogP contribution < -0.4 is 15.4 Å². The molecule has 0 spiro atoms. The molecule has 1 aromatic heterocycles. The highest BCUT2D eigenvalue weighted by molar-refractivity contribution is 7.89. The summed E-state index contributed by atoms with van der Waals surface area (Å²) in [5.41, 5.74) is 1.58. The van der Waals surface area contributed by atoms with Crippen LogP contribution in [0.15, 0.2) is 71.8 Å². The number of amides is 2. The highest BCUT2D eigenvalue weighted by atomic mass is 32.2. The van der Waals surface area contributed by atoms with Gasteiger partial charge in [-0.15, -0.1) is 0 Å². The van der Waals surface area contributed by atoms with Crippen LogP contribution in [0.4, 0.5) is 10.5 Å². The van der Waals surface area contributed by atoms with E-state index in [0.717, 1.165) is 5.56 Å². The second-order valence-corrected chi connectivity index (χ2v) is 9.76. The van der Waals surface area contributed by atoms with Crippen molar-refractivity contribution in [2.75, 3.05) is 18.4 Å². The van der Waals surface area contributed by atoms with Gasteiger partial charge >= 0.3 is 6.03 Å². The standard InChI is InChI=1S/C26H30N4O5S/c1-4-25(31)24-17-22(14-15-27-24)35-21-12-10-19(11-13-21)18-28-26(32)29-20-8-7-9-23(16-20)36(33,34)30(5-2)6-3/h7-17H,4-6,18H2,1-3H3,(H2,28,29,32). The maximum Gasteiger partial charge on any atom is 0.319 e. The number of hydrogen-bond acceptors (Lipinski definition) is 6. The molecule has 9 nitrogen and oxygen atoms in total. The average Bonchev–Trinajstić information content (AvgIpc) is 2.88. The first-order valence-corrected chi connectivity index (χ1v) is 13.1. The molecule has 10 heteroatoms. The number of benzene rings is 2. The number of pyridine rings is 1. The first-order valence-electron chi connectivity index (χ1n) is 11.7. The minimum atomic E-state index is -3.62. The molecule has 2 amide bonds. The first kappa shape index (κ1) is 26.8. The second-order valence-electron chi connectivity index (χ2n) is 7.82. The van der Waals surface area contributed by atoms with Crippen molar-refractivity contribution in [1.29, 1.82) is 0 Å². The summed E-state index contributed by atoms with van der Waals surface area (Å²) in [4.78, 5) is 28.4. The fraction of sp³-hybridized carbons (Fsp3) is 0.269. The van der Waals surface area contributed by atoms with Crippen molar-refractivity contribution in [2.24, 2.45) is 0 Å². The molecule has 0 aliphatic heterocycles. The normalized spacial score (nSPS) is 11.2. The molecule has 1 heterocycles. The molecule has 2 N–H and O–H groups in total. The average molecular weight is 511 g/mol. The number of carbonyl (C=O) groups is 2. The van der Waals surface area contributed by atoms with Gasteiger partial charge in [-0.3, -0.25) is 9.78 Å². The van der Waals surface area contributed by atoms with Gasteiger partial charge in [0.1, 0.15) is 17.2 Å². The number of hydrogen-bond donors (Lipinski definition) is 2. The van der Waals surface area contributed by atoms with Crippen molar-refractivity contribution in [3.8, 4) is 11.5 Å². The summed E-state index contributed by atoms with van der Waals surface area (Å²) in [5.74, 6) is 1.03. The Balaban J connectivity index is 1.56. The fourth-order valence-corrected chi connectivity index (χ4v) is 4.93. The van der Waals surface area contributed by atoms with Crippen LogP contribution in [-0.4, -0.2) is 42.6 Å². The Morgan fingerprint density at radius 2 is 1.67 bits per heavy atom. The number of carbonyl (C=O) groups excluding carboxylic acids is 2. The summed E-state index contributed by atoms with van der Waals surface area (Å²) in [6.07, 6.45) is 1.90. The summed E-state index contributed by atoms with van der Waals surface area (Å²) in [6, 6.07) is 16.1. The monoisotopic (exact) mass is 510 g/mol. The Morgan fingerprint density at radius 1 is 0.944 bits per heavy atom. The number of Topliss-reactive ketones (excluding diaryl/α,β-unsaturated/α-hetero) is 1. The van der Waals surface area contributed by atoms with Gasteiger partial charge in [0.25, 0.3) is 0 Å². The fourth-order valence-electron chi connectivity index (χ4n) is 3.42. The highest BCUT2D eigenvalue weighted by Gasteiger charge is 2.21. The van der Waals surface area contributed by atoms with E-state index in [1.54, 1.807) is 57.2 Å². The molecule has 36 heavy (non-hydrogen) atoms. The maximum absolute atomic E-state index is 12.7. The largest absolute Gasteiger partial charge is 0.457 e. The zero-order chi connectivity index (χ0) is 26.1. The molecule has 0 saturated heterocycles. The lowest BCUT2D eigenvalue weighted by molar-refractivity contribution is 0.0983. The molecular formula is C26H30N4O5S. The van der Waals surface area contributed by atoms with Crippen LogP contribution in [0.3, 0.4) is 0 Å². The topological polar surface area (TPSA) is 118 Å². The first-order chi connectivity index (χ1) is 17.3. The lowest BCUT2D eigenvalue weighted by Gasteiger charge is -2.19. The van der Waals surface area contributed by atoms with Gasteiger partial charge in [-0.05, 0) is 42.0 Å². The van der Waals surface area contributed by atoms with E-state index in [0.29, 0.717) is 42.4 Å². The molecule has 0 bridgehead atoms. The van der Waals surface area contributed by atoms with Crippen molar-refractivity contribution < 1.29 is 22.7 Å². The summed E-state index contributed by atoms with van der Waals surface area (Å²) < 4.78 is 32.6.